The highest BCUT2D eigenvalue weighted by atomic mass is 79.9. The monoisotopic (exact) mass is 338 g/mol. The van der Waals surface area contributed by atoms with Crippen molar-refractivity contribution < 1.29 is 0 Å². The van der Waals surface area contributed by atoms with Crippen molar-refractivity contribution in [2.24, 2.45) is 11.8 Å². The van der Waals surface area contributed by atoms with E-state index in [1.807, 2.05) is 0 Å². The normalized spacial score (nSPS) is 28.0. The third-order valence-electron chi connectivity index (χ3n) is 3.60. The molecule has 1 saturated carbocycles. The number of halogens is 2. The molecule has 0 nitrogen and oxygen atoms in total. The van der Waals surface area contributed by atoms with Gasteiger partial charge in [0.1, 0.15) is 0 Å². The lowest BCUT2D eigenvalue weighted by atomic mass is 10.1. The highest BCUT2D eigenvalue weighted by Crippen LogP contribution is 2.65. The van der Waals surface area contributed by atoms with Crippen molar-refractivity contribution in [1.29, 1.82) is 0 Å². The summed E-state index contributed by atoms with van der Waals surface area (Å²) in [5.41, 5.74) is 0. The van der Waals surface area contributed by atoms with Crippen LogP contribution in [0.25, 0.3) is 0 Å². The van der Waals surface area contributed by atoms with Crippen molar-refractivity contribution in [3.63, 3.8) is 0 Å². The molecule has 1 aliphatic rings. The lowest BCUT2D eigenvalue weighted by molar-refractivity contribution is 0.540. The average molecular weight is 340 g/mol. The zero-order valence-electron chi connectivity index (χ0n) is 10.1. The van der Waals surface area contributed by atoms with Crippen LogP contribution in [0.3, 0.4) is 0 Å². The zero-order valence-corrected chi connectivity index (χ0v) is 13.2. The minimum Gasteiger partial charge on any atom is -0.0721 e. The van der Waals surface area contributed by atoms with Crippen LogP contribution in [0.2, 0.25) is 0 Å². The molecule has 0 spiro atoms. The Bertz CT molecular complexity index is 159. The molecule has 0 aliphatic heterocycles. The highest BCUT2D eigenvalue weighted by molar-refractivity contribution is 9.25. The molecule has 0 saturated heterocycles. The molecule has 0 amide bonds. The SMILES string of the molecule is CCCCC[C@@H]1[C@@H](CCCCC)C1(Br)Br. The predicted molar refractivity (Wildman–Crippen MR) is 75.8 cm³/mol. The van der Waals surface area contributed by atoms with E-state index in [1.54, 1.807) is 0 Å². The molecule has 0 radical (unpaired) electrons. The van der Waals surface area contributed by atoms with Crippen LogP contribution in [-0.4, -0.2) is 3.23 Å². The Hall–Kier alpha value is 0.960. The van der Waals surface area contributed by atoms with Crippen LogP contribution in [0.4, 0.5) is 0 Å². The summed E-state index contributed by atoms with van der Waals surface area (Å²) in [6, 6.07) is 0. The number of hydrogen-bond acceptors (Lipinski definition) is 0. The smallest absolute Gasteiger partial charge is 0.0721 e. The van der Waals surface area contributed by atoms with Crippen molar-refractivity contribution in [3.8, 4) is 0 Å². The van der Waals surface area contributed by atoms with Gasteiger partial charge in [-0.1, -0.05) is 84.2 Å². The molecule has 0 unspecified atom stereocenters. The van der Waals surface area contributed by atoms with E-state index in [0.29, 0.717) is 3.23 Å². The molecule has 0 aromatic carbocycles. The van der Waals surface area contributed by atoms with E-state index < -0.39 is 0 Å². The topological polar surface area (TPSA) is 0 Å². The van der Waals surface area contributed by atoms with Crippen LogP contribution in [0.15, 0.2) is 0 Å². The summed E-state index contributed by atoms with van der Waals surface area (Å²) in [4.78, 5) is 0. The van der Waals surface area contributed by atoms with Gasteiger partial charge in [0.15, 0.2) is 0 Å². The van der Waals surface area contributed by atoms with Crippen LogP contribution >= 0.6 is 31.9 Å². The maximum Gasteiger partial charge on any atom is 0.0868 e. The standard InChI is InChI=1S/C13H24Br2/c1-3-5-7-9-11-12(13(11,14)15)10-8-6-4-2/h11-12H,3-10H2,1-2H3/t11-,12-/m1/s1. The fraction of sp³-hybridized carbons (Fsp3) is 1.00. The van der Waals surface area contributed by atoms with Gasteiger partial charge in [-0.3, -0.25) is 0 Å². The zero-order chi connectivity index (χ0) is 11.3. The third-order valence-corrected chi connectivity index (χ3v) is 5.95. The molecular weight excluding hydrogens is 316 g/mol. The average Bonchev–Trinajstić information content (AvgIpc) is 2.70. The van der Waals surface area contributed by atoms with E-state index in [1.165, 1.54) is 51.4 Å². The summed E-state index contributed by atoms with van der Waals surface area (Å²) < 4.78 is 0.307. The highest BCUT2D eigenvalue weighted by Gasteiger charge is 2.59. The quantitative estimate of drug-likeness (QED) is 0.382. The lowest BCUT2D eigenvalue weighted by Gasteiger charge is -1.98. The maximum absolute atomic E-state index is 3.84. The van der Waals surface area contributed by atoms with Crippen molar-refractivity contribution >= 4 is 31.9 Å². The molecule has 0 bridgehead atoms. The Morgan fingerprint density at radius 1 is 0.800 bits per heavy atom. The van der Waals surface area contributed by atoms with Gasteiger partial charge in [-0.15, -0.1) is 0 Å². The first-order valence-electron chi connectivity index (χ1n) is 6.52. The molecule has 2 heteroatoms. The molecular formula is C13H24Br2. The molecule has 90 valence electrons. The van der Waals surface area contributed by atoms with Crippen molar-refractivity contribution in [3.05, 3.63) is 0 Å². The number of alkyl halides is 2. The fourth-order valence-electron chi connectivity index (χ4n) is 2.48. The van der Waals surface area contributed by atoms with Crippen LogP contribution in [0, 0.1) is 11.8 Å². The second kappa shape index (κ2) is 6.64. The lowest BCUT2D eigenvalue weighted by Crippen LogP contribution is -1.89. The molecule has 0 heterocycles. The summed E-state index contributed by atoms with van der Waals surface area (Å²) in [5, 5.41) is 0. The molecule has 0 aromatic heterocycles. The molecule has 15 heavy (non-hydrogen) atoms. The first-order chi connectivity index (χ1) is 7.14. The van der Waals surface area contributed by atoms with Gasteiger partial charge >= 0.3 is 0 Å². The summed E-state index contributed by atoms with van der Waals surface area (Å²) in [7, 11) is 0. The van der Waals surface area contributed by atoms with Crippen LogP contribution < -0.4 is 0 Å². The van der Waals surface area contributed by atoms with Crippen molar-refractivity contribution in [2.75, 3.05) is 0 Å². The first kappa shape index (κ1) is 14.0. The Labute approximate surface area is 112 Å². The third kappa shape index (κ3) is 4.03. The van der Waals surface area contributed by atoms with E-state index in [9.17, 15) is 0 Å². The second-order valence-corrected chi connectivity index (χ2v) is 8.57. The Morgan fingerprint density at radius 2 is 1.20 bits per heavy atom. The molecule has 1 fully saturated rings. The maximum atomic E-state index is 3.84. The van der Waals surface area contributed by atoms with E-state index in [2.05, 4.69) is 45.7 Å². The minimum absolute atomic E-state index is 0.307. The number of unbranched alkanes of at least 4 members (excludes halogenated alkanes) is 4. The minimum atomic E-state index is 0.307. The molecule has 1 aliphatic carbocycles. The molecule has 0 N–H and O–H groups in total. The van der Waals surface area contributed by atoms with E-state index in [4.69, 9.17) is 0 Å². The first-order valence-corrected chi connectivity index (χ1v) is 8.11. The van der Waals surface area contributed by atoms with E-state index >= 15 is 0 Å². The van der Waals surface area contributed by atoms with Crippen molar-refractivity contribution in [1.82, 2.24) is 0 Å². The summed E-state index contributed by atoms with van der Waals surface area (Å²) in [6.45, 7) is 4.56. The van der Waals surface area contributed by atoms with Gasteiger partial charge in [0.2, 0.25) is 0 Å². The van der Waals surface area contributed by atoms with Crippen LogP contribution in [-0.2, 0) is 0 Å². The van der Waals surface area contributed by atoms with Crippen molar-refractivity contribution in [2.45, 2.75) is 68.4 Å². The van der Waals surface area contributed by atoms with Crippen LogP contribution in [0.5, 0.6) is 0 Å². The largest absolute Gasteiger partial charge is 0.0868 e. The van der Waals surface area contributed by atoms with E-state index in [0.717, 1.165) is 11.8 Å². The van der Waals surface area contributed by atoms with Crippen LogP contribution in [0.1, 0.15) is 65.2 Å². The number of hydrogen-bond donors (Lipinski definition) is 0. The Morgan fingerprint density at radius 3 is 1.53 bits per heavy atom. The molecule has 0 aromatic rings. The fourth-order valence-corrected chi connectivity index (χ4v) is 4.40. The predicted octanol–water partition coefficient (Wildman–Crippen LogP) is 5.88. The summed E-state index contributed by atoms with van der Waals surface area (Å²) >= 11 is 7.68. The second-order valence-electron chi connectivity index (χ2n) is 4.88. The van der Waals surface area contributed by atoms with Gasteiger partial charge in [0.25, 0.3) is 0 Å². The van der Waals surface area contributed by atoms with Gasteiger partial charge in [0, 0.05) is 0 Å². The van der Waals surface area contributed by atoms with Gasteiger partial charge in [0.05, 0.1) is 3.23 Å². The molecule has 2 atom stereocenters. The van der Waals surface area contributed by atoms with Gasteiger partial charge in [-0.05, 0) is 24.7 Å². The van der Waals surface area contributed by atoms with Gasteiger partial charge in [-0.2, -0.15) is 0 Å². The summed E-state index contributed by atoms with van der Waals surface area (Å²) in [5.74, 6) is 1.78. The Balaban J connectivity index is 2.16. The summed E-state index contributed by atoms with van der Waals surface area (Å²) in [6.07, 6.45) is 11.1. The number of rotatable bonds is 8. The Kier molecular flexibility index (Phi) is 6.20. The molecule has 1 rings (SSSR count). The van der Waals surface area contributed by atoms with Gasteiger partial charge in [-0.25, -0.2) is 0 Å². The van der Waals surface area contributed by atoms with Gasteiger partial charge < -0.3 is 0 Å². The van der Waals surface area contributed by atoms with E-state index in [-0.39, 0.29) is 0 Å².